The number of nitrogen functional groups attached to an aromatic ring is 1. The lowest BCUT2D eigenvalue weighted by molar-refractivity contribution is -0.138. The maximum atomic E-state index is 13.1. The van der Waals surface area contributed by atoms with Crippen molar-refractivity contribution in [3.63, 3.8) is 0 Å². The van der Waals surface area contributed by atoms with Crippen LogP contribution in [0.1, 0.15) is 11.8 Å². The molecule has 1 saturated heterocycles. The van der Waals surface area contributed by atoms with Gasteiger partial charge in [0.1, 0.15) is 24.7 Å². The lowest BCUT2D eigenvalue weighted by Crippen LogP contribution is -2.48. The number of aliphatic hydroxyl groups is 3. The number of hydrogen-bond donors (Lipinski definition) is 4. The number of aliphatic hydroxyl groups excluding tert-OH is 3. The van der Waals surface area contributed by atoms with E-state index in [4.69, 9.17) is 22.1 Å². The number of ether oxygens (including phenoxy) is 1. The van der Waals surface area contributed by atoms with E-state index in [-0.39, 0.29) is 11.7 Å². The summed E-state index contributed by atoms with van der Waals surface area (Å²) in [6.45, 7) is -2.09. The number of hydrogen-bond acceptors (Lipinski definition) is 7. The van der Waals surface area contributed by atoms with Crippen LogP contribution in [0.5, 0.6) is 0 Å². The topological polar surface area (TPSA) is 131 Å². The average Bonchev–Trinajstić information content (AvgIpc) is 2.75. The van der Waals surface area contributed by atoms with Gasteiger partial charge in [-0.3, -0.25) is 4.57 Å². The predicted octanol–water partition coefficient (Wildman–Crippen LogP) is -1.44. The van der Waals surface area contributed by atoms with Gasteiger partial charge in [0.25, 0.3) is 0 Å². The smallest absolute Gasteiger partial charge is 0.351 e. The average molecular weight is 338 g/mol. The number of nitrogens with two attached hydrogens (primary N) is 1. The highest BCUT2D eigenvalue weighted by Gasteiger charge is 2.55. The van der Waals surface area contributed by atoms with Gasteiger partial charge in [-0.2, -0.15) is 4.98 Å². The third-order valence-corrected chi connectivity index (χ3v) is 3.89. The zero-order chi connectivity index (χ0) is 16.5. The second-order valence-corrected chi connectivity index (χ2v) is 5.46. The highest BCUT2D eigenvalue weighted by molar-refractivity contribution is 6.18. The molecule has 0 radical (unpaired) electrons. The van der Waals surface area contributed by atoms with Crippen LogP contribution in [0.25, 0.3) is 0 Å². The van der Waals surface area contributed by atoms with Gasteiger partial charge in [0.2, 0.25) is 0 Å². The van der Waals surface area contributed by atoms with Gasteiger partial charge in [-0.05, 0) is 6.42 Å². The van der Waals surface area contributed by atoms with Crippen molar-refractivity contribution in [1.82, 2.24) is 9.55 Å². The van der Waals surface area contributed by atoms with E-state index in [1.165, 1.54) is 6.20 Å². The van der Waals surface area contributed by atoms with E-state index < -0.39 is 43.0 Å². The maximum absolute atomic E-state index is 13.1. The highest BCUT2D eigenvalue weighted by atomic mass is 35.5. The van der Waals surface area contributed by atoms with Crippen LogP contribution in [0.3, 0.4) is 0 Å². The van der Waals surface area contributed by atoms with Crippen molar-refractivity contribution in [1.29, 1.82) is 0 Å². The van der Waals surface area contributed by atoms with Crippen LogP contribution in [0.15, 0.2) is 11.0 Å². The van der Waals surface area contributed by atoms with Gasteiger partial charge in [-0.1, -0.05) is 0 Å². The van der Waals surface area contributed by atoms with Gasteiger partial charge >= 0.3 is 5.69 Å². The maximum Gasteiger partial charge on any atom is 0.351 e. The molecule has 1 aromatic rings. The van der Waals surface area contributed by atoms with Crippen molar-refractivity contribution in [3.8, 4) is 0 Å². The van der Waals surface area contributed by atoms with Crippen molar-refractivity contribution >= 4 is 17.4 Å². The van der Waals surface area contributed by atoms with Gasteiger partial charge in [-0.25, -0.2) is 9.18 Å². The SMILES string of the molecule is Nc1nc(=O)n([C@@H]2O[C@@](CO)(CF)[C@@H](O)[C@H]2O)cc1CCCl. The molecule has 22 heavy (non-hydrogen) atoms. The number of aryl methyl sites for hydroxylation is 1. The number of aromatic nitrogens is 2. The van der Waals surface area contributed by atoms with Crippen LogP contribution in [0.2, 0.25) is 0 Å². The Kier molecular flexibility index (Phi) is 5.03. The minimum absolute atomic E-state index is 0.00570. The predicted molar refractivity (Wildman–Crippen MR) is 75.3 cm³/mol. The lowest BCUT2D eigenvalue weighted by Gasteiger charge is -2.26. The second kappa shape index (κ2) is 6.47. The summed E-state index contributed by atoms with van der Waals surface area (Å²) in [4.78, 5) is 15.5. The zero-order valence-corrected chi connectivity index (χ0v) is 12.3. The summed E-state index contributed by atoms with van der Waals surface area (Å²) in [7, 11) is 0. The summed E-state index contributed by atoms with van der Waals surface area (Å²) in [6, 6.07) is 0. The fraction of sp³-hybridized carbons (Fsp3) is 0.667. The van der Waals surface area contributed by atoms with E-state index in [1.807, 2.05) is 0 Å². The molecule has 0 bridgehead atoms. The first-order chi connectivity index (χ1) is 10.4. The number of rotatable bonds is 5. The molecular formula is C12H17ClFN3O5. The number of nitrogens with zero attached hydrogens (tertiary/aromatic N) is 2. The molecule has 4 atom stereocenters. The molecule has 2 rings (SSSR count). The Labute approximate surface area is 129 Å². The molecule has 0 spiro atoms. The molecule has 10 heteroatoms. The molecule has 5 N–H and O–H groups in total. The Hall–Kier alpha value is -1.26. The first kappa shape index (κ1) is 17.1. The van der Waals surface area contributed by atoms with Gasteiger partial charge in [0.15, 0.2) is 11.8 Å². The van der Waals surface area contributed by atoms with E-state index in [2.05, 4.69) is 4.98 Å². The third-order valence-electron chi connectivity index (χ3n) is 3.70. The summed E-state index contributed by atoms with van der Waals surface area (Å²) < 4.78 is 19.3. The molecule has 124 valence electrons. The molecular weight excluding hydrogens is 321 g/mol. The van der Waals surface area contributed by atoms with Crippen molar-refractivity contribution in [2.75, 3.05) is 24.9 Å². The fourth-order valence-corrected chi connectivity index (χ4v) is 2.55. The Balaban J connectivity index is 2.44. The molecule has 1 aliphatic heterocycles. The zero-order valence-electron chi connectivity index (χ0n) is 11.5. The molecule has 8 nitrogen and oxygen atoms in total. The number of anilines is 1. The van der Waals surface area contributed by atoms with Crippen molar-refractivity contribution in [2.45, 2.75) is 30.5 Å². The standard InChI is InChI=1S/C12H17ClFN3O5/c13-2-1-6-3-17(11(21)16-9(6)15)10-7(19)8(20)12(4-14,5-18)22-10/h3,7-8,10,18-20H,1-2,4-5H2,(H2,15,16,21)/t7-,8+,10-,12-/m1/s1. The normalized spacial score (nSPS) is 31.6. The Morgan fingerprint density at radius 2 is 2.23 bits per heavy atom. The number of halogens is 2. The second-order valence-electron chi connectivity index (χ2n) is 5.08. The van der Waals surface area contributed by atoms with Crippen LogP contribution in [0.4, 0.5) is 10.2 Å². The van der Waals surface area contributed by atoms with E-state index in [0.29, 0.717) is 12.0 Å². The minimum Gasteiger partial charge on any atom is -0.393 e. The van der Waals surface area contributed by atoms with Crippen LogP contribution in [-0.2, 0) is 11.2 Å². The molecule has 0 saturated carbocycles. The largest absolute Gasteiger partial charge is 0.393 e. The van der Waals surface area contributed by atoms with E-state index in [9.17, 15) is 24.5 Å². The van der Waals surface area contributed by atoms with Gasteiger partial charge < -0.3 is 25.8 Å². The molecule has 1 aromatic heterocycles. The number of alkyl halides is 2. The summed E-state index contributed by atoms with van der Waals surface area (Å²) in [5, 5.41) is 29.2. The summed E-state index contributed by atoms with van der Waals surface area (Å²) in [5.74, 6) is 0.222. The van der Waals surface area contributed by atoms with Gasteiger partial charge in [0.05, 0.1) is 6.61 Å². The Bertz CT molecular complexity index is 595. The summed E-state index contributed by atoms with van der Waals surface area (Å²) in [6.07, 6.45) is -3.10. The molecule has 1 fully saturated rings. The first-order valence-electron chi connectivity index (χ1n) is 6.54. The Morgan fingerprint density at radius 1 is 1.55 bits per heavy atom. The third kappa shape index (κ3) is 2.70. The monoisotopic (exact) mass is 337 g/mol. The quantitative estimate of drug-likeness (QED) is 0.484. The minimum atomic E-state index is -1.99. The first-order valence-corrected chi connectivity index (χ1v) is 7.08. The molecule has 0 aliphatic carbocycles. The summed E-state index contributed by atoms with van der Waals surface area (Å²) >= 11 is 5.63. The molecule has 2 heterocycles. The molecule has 0 unspecified atom stereocenters. The van der Waals surface area contributed by atoms with Gasteiger partial charge in [0, 0.05) is 17.6 Å². The highest BCUT2D eigenvalue weighted by Crippen LogP contribution is 2.37. The Morgan fingerprint density at radius 3 is 2.73 bits per heavy atom. The molecule has 1 aliphatic rings. The molecule has 0 aromatic carbocycles. The van der Waals surface area contributed by atoms with Crippen LogP contribution >= 0.6 is 11.6 Å². The van der Waals surface area contributed by atoms with Crippen molar-refractivity contribution in [2.24, 2.45) is 0 Å². The lowest BCUT2D eigenvalue weighted by atomic mass is 9.98. The van der Waals surface area contributed by atoms with Gasteiger partial charge in [-0.15, -0.1) is 11.6 Å². The van der Waals surface area contributed by atoms with E-state index in [1.54, 1.807) is 0 Å². The van der Waals surface area contributed by atoms with Crippen LogP contribution in [-0.4, -0.2) is 61.8 Å². The van der Waals surface area contributed by atoms with Crippen LogP contribution < -0.4 is 11.4 Å². The van der Waals surface area contributed by atoms with Crippen molar-refractivity contribution < 1.29 is 24.4 Å². The fourth-order valence-electron chi connectivity index (χ4n) is 2.35. The molecule has 0 amide bonds. The van der Waals surface area contributed by atoms with Crippen molar-refractivity contribution in [3.05, 3.63) is 22.2 Å². The van der Waals surface area contributed by atoms with E-state index in [0.717, 1.165) is 4.57 Å². The van der Waals surface area contributed by atoms with Crippen LogP contribution in [0, 0.1) is 0 Å². The van der Waals surface area contributed by atoms with E-state index >= 15 is 0 Å². The summed E-state index contributed by atoms with van der Waals surface area (Å²) in [5.41, 5.74) is 3.23.